The third-order valence-electron chi connectivity index (χ3n) is 6.80. The standard InChI is InChI=1S/C24H21F5N4O3/c1-2-17(24(27,28)29)30-22(35)14-10-33(19-15(25)4-3-5-16(19)26)21-13(20(14)34)6-7-18(31-21)32-9-12-8-23(12,36)11-32/h3-7,10,12,17,36H,2,8-9,11H2,1H3,(H,30,35). The molecule has 2 N–H and O–H groups in total. The molecule has 1 aliphatic carbocycles. The molecule has 0 bridgehead atoms. The molecule has 190 valence electrons. The Morgan fingerprint density at radius 3 is 2.53 bits per heavy atom. The van der Waals surface area contributed by atoms with E-state index in [0.717, 1.165) is 29.0 Å². The number of halogens is 5. The van der Waals surface area contributed by atoms with Gasteiger partial charge >= 0.3 is 6.18 Å². The van der Waals surface area contributed by atoms with Gasteiger partial charge in [-0.25, -0.2) is 13.8 Å². The summed E-state index contributed by atoms with van der Waals surface area (Å²) in [7, 11) is 0. The Morgan fingerprint density at radius 1 is 1.25 bits per heavy atom. The molecule has 2 aromatic heterocycles. The maximum absolute atomic E-state index is 14.8. The fraction of sp³-hybridized carbons (Fsp3) is 0.375. The van der Waals surface area contributed by atoms with Gasteiger partial charge in [-0.1, -0.05) is 13.0 Å². The number of pyridine rings is 2. The highest BCUT2D eigenvalue weighted by atomic mass is 19.4. The summed E-state index contributed by atoms with van der Waals surface area (Å²) >= 11 is 0. The first-order valence-electron chi connectivity index (χ1n) is 11.3. The lowest BCUT2D eigenvalue weighted by molar-refractivity contribution is -0.153. The van der Waals surface area contributed by atoms with Crippen LogP contribution in [0, 0.1) is 17.6 Å². The number of amides is 1. The number of piperidine rings is 1. The maximum atomic E-state index is 14.8. The molecule has 3 heterocycles. The quantitative estimate of drug-likeness (QED) is 0.517. The normalized spacial score (nSPS) is 22.0. The van der Waals surface area contributed by atoms with E-state index in [1.807, 2.05) is 0 Å². The minimum Gasteiger partial charge on any atom is -0.388 e. The topological polar surface area (TPSA) is 87.5 Å². The zero-order valence-electron chi connectivity index (χ0n) is 18.9. The highest BCUT2D eigenvalue weighted by Crippen LogP contribution is 2.50. The Bertz CT molecular complexity index is 1420. The second-order valence-electron chi connectivity index (χ2n) is 9.21. The van der Waals surface area contributed by atoms with Crippen LogP contribution >= 0.6 is 0 Å². The number of carbonyl (C=O) groups excluding carboxylic acids is 1. The maximum Gasteiger partial charge on any atom is 0.408 e. The number of nitrogens with zero attached hydrogens (tertiary/aromatic N) is 3. The van der Waals surface area contributed by atoms with E-state index in [2.05, 4.69) is 4.98 Å². The molecule has 0 spiro atoms. The lowest BCUT2D eigenvalue weighted by Gasteiger charge is -2.22. The van der Waals surface area contributed by atoms with Crippen LogP contribution in [0.2, 0.25) is 0 Å². The van der Waals surface area contributed by atoms with Gasteiger partial charge in [0.25, 0.3) is 5.91 Å². The predicted molar refractivity (Wildman–Crippen MR) is 120 cm³/mol. The fourth-order valence-electron chi connectivity index (χ4n) is 4.70. The first-order valence-corrected chi connectivity index (χ1v) is 11.3. The average molecular weight is 508 g/mol. The minimum atomic E-state index is -4.76. The van der Waals surface area contributed by atoms with Gasteiger partial charge in [-0.3, -0.25) is 14.2 Å². The Hall–Kier alpha value is -3.54. The smallest absolute Gasteiger partial charge is 0.388 e. The molecular formula is C24H21F5N4O3. The summed E-state index contributed by atoms with van der Waals surface area (Å²) in [4.78, 5) is 32.1. The predicted octanol–water partition coefficient (Wildman–Crippen LogP) is 3.31. The summed E-state index contributed by atoms with van der Waals surface area (Å²) in [6.45, 7) is 2.02. The molecule has 7 nitrogen and oxygen atoms in total. The number of fused-ring (bicyclic) bond motifs is 2. The van der Waals surface area contributed by atoms with Crippen molar-refractivity contribution in [2.45, 2.75) is 37.6 Å². The van der Waals surface area contributed by atoms with Crippen LogP contribution in [0.5, 0.6) is 0 Å². The Balaban J connectivity index is 1.67. The van der Waals surface area contributed by atoms with Crippen LogP contribution in [0.1, 0.15) is 30.1 Å². The van der Waals surface area contributed by atoms with Crippen molar-refractivity contribution in [3.8, 4) is 5.69 Å². The lowest BCUT2D eigenvalue weighted by Crippen LogP contribution is -2.46. The van der Waals surface area contributed by atoms with E-state index >= 15 is 0 Å². The van der Waals surface area contributed by atoms with Gasteiger partial charge in [0.2, 0.25) is 5.43 Å². The number of alkyl halides is 3. The summed E-state index contributed by atoms with van der Waals surface area (Å²) < 4.78 is 70.1. The third-order valence-corrected chi connectivity index (χ3v) is 6.80. The van der Waals surface area contributed by atoms with Crippen LogP contribution in [-0.2, 0) is 0 Å². The number of β-amino-alcohol motifs (C(OH)–C–C–N with tert-alkyl or cyclic N) is 1. The van der Waals surface area contributed by atoms with E-state index in [0.29, 0.717) is 25.3 Å². The molecular weight excluding hydrogens is 487 g/mol. The molecule has 1 aromatic carbocycles. The monoisotopic (exact) mass is 508 g/mol. The first kappa shape index (κ1) is 24.2. The molecule has 3 aromatic rings. The number of hydrogen-bond acceptors (Lipinski definition) is 5. The highest BCUT2D eigenvalue weighted by molar-refractivity contribution is 5.97. The minimum absolute atomic E-state index is 0.0763. The van der Waals surface area contributed by atoms with Gasteiger partial charge in [0.05, 0.1) is 11.0 Å². The van der Waals surface area contributed by atoms with Crippen LogP contribution in [0.15, 0.2) is 41.3 Å². The number of nitrogens with one attached hydrogen (secondary N) is 1. The Kier molecular flexibility index (Phi) is 5.54. The summed E-state index contributed by atoms with van der Waals surface area (Å²) in [6.07, 6.45) is -3.77. The number of hydrogen-bond donors (Lipinski definition) is 2. The van der Waals surface area contributed by atoms with E-state index in [1.54, 1.807) is 10.2 Å². The van der Waals surface area contributed by atoms with Crippen molar-refractivity contribution in [2.24, 2.45) is 5.92 Å². The van der Waals surface area contributed by atoms with E-state index in [9.17, 15) is 36.6 Å². The number of anilines is 1. The van der Waals surface area contributed by atoms with Gasteiger partial charge in [-0.2, -0.15) is 13.2 Å². The molecule has 1 saturated carbocycles. The van der Waals surface area contributed by atoms with Crippen molar-refractivity contribution in [3.05, 3.63) is 63.9 Å². The number of aromatic nitrogens is 2. The second kappa shape index (κ2) is 8.26. The van der Waals surface area contributed by atoms with Gasteiger partial charge < -0.3 is 15.3 Å². The van der Waals surface area contributed by atoms with E-state index in [4.69, 9.17) is 0 Å². The van der Waals surface area contributed by atoms with E-state index in [-0.39, 0.29) is 17.0 Å². The van der Waals surface area contributed by atoms with Crippen LogP contribution in [0.25, 0.3) is 16.7 Å². The molecule has 2 fully saturated rings. The molecule has 1 aliphatic heterocycles. The van der Waals surface area contributed by atoms with Crippen LogP contribution < -0.4 is 15.6 Å². The van der Waals surface area contributed by atoms with Gasteiger partial charge in [0, 0.05) is 25.2 Å². The van der Waals surface area contributed by atoms with Crippen molar-refractivity contribution in [3.63, 3.8) is 0 Å². The van der Waals surface area contributed by atoms with Crippen molar-refractivity contribution in [1.82, 2.24) is 14.9 Å². The molecule has 0 radical (unpaired) electrons. The van der Waals surface area contributed by atoms with E-state index < -0.39 is 58.5 Å². The first-order chi connectivity index (χ1) is 16.9. The molecule has 1 amide bonds. The molecule has 36 heavy (non-hydrogen) atoms. The van der Waals surface area contributed by atoms with Gasteiger partial charge in [0.15, 0.2) is 5.65 Å². The molecule has 5 rings (SSSR count). The number of benzene rings is 1. The van der Waals surface area contributed by atoms with Crippen LogP contribution in [0.4, 0.5) is 27.8 Å². The van der Waals surface area contributed by atoms with Crippen molar-refractivity contribution < 1.29 is 31.9 Å². The Labute approximate surface area is 201 Å². The Morgan fingerprint density at radius 2 is 1.94 bits per heavy atom. The molecule has 2 aliphatic rings. The summed E-state index contributed by atoms with van der Waals surface area (Å²) in [6, 6.07) is 3.61. The zero-order chi connectivity index (χ0) is 26.0. The lowest BCUT2D eigenvalue weighted by atomic mass is 10.1. The van der Waals surface area contributed by atoms with E-state index in [1.165, 1.54) is 19.1 Å². The summed E-state index contributed by atoms with van der Waals surface area (Å²) in [5.41, 5.74) is -3.31. The third kappa shape index (κ3) is 3.98. The van der Waals surface area contributed by atoms with Gasteiger partial charge in [-0.05, 0) is 37.1 Å². The molecule has 12 heteroatoms. The summed E-state index contributed by atoms with van der Waals surface area (Å²) in [5.74, 6) is -2.97. The summed E-state index contributed by atoms with van der Waals surface area (Å²) in [5, 5.41) is 11.9. The van der Waals surface area contributed by atoms with Crippen LogP contribution in [0.3, 0.4) is 0 Å². The van der Waals surface area contributed by atoms with Crippen LogP contribution in [-0.4, -0.2) is 51.5 Å². The van der Waals surface area contributed by atoms with Gasteiger partial charge in [0.1, 0.15) is 34.7 Å². The largest absolute Gasteiger partial charge is 0.408 e. The molecule has 3 atom stereocenters. The molecule has 1 saturated heterocycles. The average Bonchev–Trinajstić information content (AvgIpc) is 3.33. The number of rotatable bonds is 5. The van der Waals surface area contributed by atoms with Crippen molar-refractivity contribution in [2.75, 3.05) is 18.0 Å². The fourth-order valence-corrected chi connectivity index (χ4v) is 4.70. The SMILES string of the molecule is CCC(NC(=O)c1cn(-c2c(F)cccc2F)c2nc(N3CC4CC4(O)C3)ccc2c1=O)C(F)(F)F. The highest BCUT2D eigenvalue weighted by Gasteiger charge is 2.59. The van der Waals surface area contributed by atoms with Gasteiger partial charge in [-0.15, -0.1) is 0 Å². The number of para-hydroxylation sites is 1. The van der Waals surface area contributed by atoms with Crippen molar-refractivity contribution in [1.29, 1.82) is 0 Å². The van der Waals surface area contributed by atoms with Crippen molar-refractivity contribution >= 4 is 22.8 Å². The second-order valence-corrected chi connectivity index (χ2v) is 9.21. The number of aliphatic hydroxyl groups is 1. The number of carbonyl (C=O) groups is 1. The molecule has 3 unspecified atom stereocenters. The zero-order valence-corrected chi connectivity index (χ0v) is 18.9.